The zero-order chi connectivity index (χ0) is 17.9. The predicted octanol–water partition coefficient (Wildman–Crippen LogP) is 4.69. The summed E-state index contributed by atoms with van der Waals surface area (Å²) in [6, 6.07) is 10.7. The third-order valence-electron chi connectivity index (χ3n) is 5.03. The van der Waals surface area contributed by atoms with E-state index in [9.17, 15) is 4.39 Å². The van der Waals surface area contributed by atoms with Crippen LogP contribution in [-0.4, -0.2) is 49.2 Å². The molecule has 1 aliphatic rings. The minimum absolute atomic E-state index is 0.223. The molecule has 0 atom stereocenters. The summed E-state index contributed by atoms with van der Waals surface area (Å²) in [7, 11) is 0. The van der Waals surface area contributed by atoms with Crippen LogP contribution in [-0.2, 0) is 6.54 Å². The number of halogens is 1. The second-order valence-electron chi connectivity index (χ2n) is 6.99. The lowest BCUT2D eigenvalue weighted by atomic mass is 9.95. The van der Waals surface area contributed by atoms with E-state index in [0.717, 1.165) is 32.7 Å². The Hall–Kier alpha value is -1.45. The number of piperidine rings is 1. The maximum absolute atomic E-state index is 12.5. The average molecular weight is 345 g/mol. The molecule has 25 heavy (non-hydrogen) atoms. The summed E-state index contributed by atoms with van der Waals surface area (Å²) >= 11 is 0. The van der Waals surface area contributed by atoms with Crippen molar-refractivity contribution in [2.24, 2.45) is 5.92 Å². The first-order chi connectivity index (χ1) is 12.2. The molecule has 1 aromatic rings. The second-order valence-corrected chi connectivity index (χ2v) is 6.99. The van der Waals surface area contributed by atoms with Crippen LogP contribution >= 0.6 is 0 Å². The molecule has 1 aromatic carbocycles. The smallest absolute Gasteiger partial charge is 0.102 e. The van der Waals surface area contributed by atoms with Crippen molar-refractivity contribution in [2.75, 3.05) is 39.4 Å². The Balaban J connectivity index is 1.96. The molecule has 2 nitrogen and oxygen atoms in total. The molecule has 1 saturated heterocycles. The van der Waals surface area contributed by atoms with Crippen LogP contribution in [0.15, 0.2) is 54.1 Å². The lowest BCUT2D eigenvalue weighted by molar-refractivity contribution is 0.139. The summed E-state index contributed by atoms with van der Waals surface area (Å²) in [5.41, 5.74) is 2.74. The Morgan fingerprint density at radius 1 is 1.20 bits per heavy atom. The van der Waals surface area contributed by atoms with Crippen LogP contribution in [0.4, 0.5) is 4.39 Å². The third kappa shape index (κ3) is 7.13. The summed E-state index contributed by atoms with van der Waals surface area (Å²) < 4.78 is 12.5. The first kappa shape index (κ1) is 19.9. The van der Waals surface area contributed by atoms with Gasteiger partial charge >= 0.3 is 0 Å². The van der Waals surface area contributed by atoms with Crippen LogP contribution in [0.3, 0.4) is 0 Å². The maximum atomic E-state index is 12.5. The molecule has 0 aliphatic carbocycles. The van der Waals surface area contributed by atoms with Gasteiger partial charge in [0.15, 0.2) is 0 Å². The largest absolute Gasteiger partial charge is 0.301 e. The van der Waals surface area contributed by atoms with E-state index in [4.69, 9.17) is 0 Å². The number of benzene rings is 1. The van der Waals surface area contributed by atoms with E-state index in [-0.39, 0.29) is 6.67 Å². The van der Waals surface area contributed by atoms with Gasteiger partial charge in [-0.25, -0.2) is 4.39 Å². The highest BCUT2D eigenvalue weighted by molar-refractivity contribution is 5.20. The number of likely N-dealkylation sites (tertiary alicyclic amines) is 1. The van der Waals surface area contributed by atoms with Crippen LogP contribution in [0.2, 0.25) is 0 Å². The fourth-order valence-electron chi connectivity index (χ4n) is 3.62. The first-order valence-electron chi connectivity index (χ1n) is 9.57. The van der Waals surface area contributed by atoms with Crippen molar-refractivity contribution in [3.63, 3.8) is 0 Å². The Morgan fingerprint density at radius 2 is 1.92 bits per heavy atom. The summed E-state index contributed by atoms with van der Waals surface area (Å²) in [5.74, 6) is 0.711. The molecule has 138 valence electrons. The van der Waals surface area contributed by atoms with Crippen molar-refractivity contribution >= 4 is 0 Å². The standard InChI is InChI=1S/C22H33FN2/c1-3-8-20(4-2)17-25(18-21-9-6-5-7-10-21)19-22-11-14-24(15-12-22)16-13-23/h3-10,22H,11-19H2,1-2H3/b8-3-,20-4+. The minimum Gasteiger partial charge on any atom is -0.301 e. The van der Waals surface area contributed by atoms with Gasteiger partial charge in [0, 0.05) is 26.2 Å². The van der Waals surface area contributed by atoms with Crippen molar-refractivity contribution < 1.29 is 4.39 Å². The summed E-state index contributed by atoms with van der Waals surface area (Å²) in [6.07, 6.45) is 8.90. The molecule has 0 amide bonds. The lowest BCUT2D eigenvalue weighted by Crippen LogP contribution is -2.39. The molecule has 0 radical (unpaired) electrons. The van der Waals surface area contributed by atoms with E-state index in [1.54, 1.807) is 0 Å². The van der Waals surface area contributed by atoms with Crippen molar-refractivity contribution in [1.29, 1.82) is 0 Å². The summed E-state index contributed by atoms with van der Waals surface area (Å²) in [6.45, 7) is 9.74. The lowest BCUT2D eigenvalue weighted by Gasteiger charge is -2.34. The van der Waals surface area contributed by atoms with Crippen molar-refractivity contribution in [1.82, 2.24) is 9.80 Å². The maximum Gasteiger partial charge on any atom is 0.102 e. The Labute approximate surface area is 153 Å². The number of alkyl halides is 1. The van der Waals surface area contributed by atoms with Gasteiger partial charge < -0.3 is 4.90 Å². The Morgan fingerprint density at radius 3 is 2.52 bits per heavy atom. The highest BCUT2D eigenvalue weighted by Gasteiger charge is 2.21. The van der Waals surface area contributed by atoms with Crippen molar-refractivity contribution in [3.8, 4) is 0 Å². The SMILES string of the molecule is C/C=C\C(=C/C)CN(Cc1ccccc1)CC1CCN(CCF)CC1. The topological polar surface area (TPSA) is 6.48 Å². The highest BCUT2D eigenvalue weighted by atomic mass is 19.1. The quantitative estimate of drug-likeness (QED) is 0.600. The van der Waals surface area contributed by atoms with Crippen molar-refractivity contribution in [2.45, 2.75) is 33.2 Å². The molecule has 0 spiro atoms. The molecule has 1 heterocycles. The molecular formula is C22H33FN2. The number of allylic oxidation sites excluding steroid dienone is 2. The first-order valence-corrected chi connectivity index (χ1v) is 9.57. The molecule has 0 aromatic heterocycles. The van der Waals surface area contributed by atoms with Crippen LogP contribution in [0, 0.1) is 5.92 Å². The van der Waals surface area contributed by atoms with E-state index >= 15 is 0 Å². The predicted molar refractivity (Wildman–Crippen MR) is 105 cm³/mol. The van der Waals surface area contributed by atoms with E-state index in [1.807, 2.05) is 0 Å². The fourth-order valence-corrected chi connectivity index (χ4v) is 3.62. The molecule has 0 saturated carbocycles. The number of hydrogen-bond donors (Lipinski definition) is 0. The number of hydrogen-bond acceptors (Lipinski definition) is 2. The zero-order valence-electron chi connectivity index (χ0n) is 15.8. The van der Waals surface area contributed by atoms with Crippen LogP contribution < -0.4 is 0 Å². The molecule has 1 aliphatic heterocycles. The van der Waals surface area contributed by atoms with Crippen molar-refractivity contribution in [3.05, 3.63) is 59.7 Å². The van der Waals surface area contributed by atoms with Crippen LogP contribution in [0.5, 0.6) is 0 Å². The third-order valence-corrected chi connectivity index (χ3v) is 5.03. The number of nitrogens with zero attached hydrogens (tertiary/aromatic N) is 2. The van der Waals surface area contributed by atoms with E-state index < -0.39 is 0 Å². The molecule has 2 rings (SSSR count). The van der Waals surface area contributed by atoms with Gasteiger partial charge in [-0.3, -0.25) is 4.90 Å². The van der Waals surface area contributed by atoms with E-state index in [0.29, 0.717) is 12.5 Å². The average Bonchev–Trinajstić information content (AvgIpc) is 2.64. The molecule has 0 N–H and O–H groups in total. The van der Waals surface area contributed by atoms with E-state index in [1.165, 1.54) is 24.0 Å². The molecule has 0 bridgehead atoms. The van der Waals surface area contributed by atoms with Crippen LogP contribution in [0.1, 0.15) is 32.3 Å². The monoisotopic (exact) mass is 344 g/mol. The Kier molecular flexibility index (Phi) is 8.92. The fraction of sp³-hybridized carbons (Fsp3) is 0.545. The highest BCUT2D eigenvalue weighted by Crippen LogP contribution is 2.20. The van der Waals surface area contributed by atoms with Gasteiger partial charge in [-0.2, -0.15) is 0 Å². The molecule has 3 heteroatoms. The molecule has 0 unspecified atom stereocenters. The van der Waals surface area contributed by atoms with Gasteiger partial charge in [-0.15, -0.1) is 0 Å². The van der Waals surface area contributed by atoms with Gasteiger partial charge in [-0.05, 0) is 56.8 Å². The summed E-state index contributed by atoms with van der Waals surface area (Å²) in [5, 5.41) is 0. The van der Waals surface area contributed by atoms with Gasteiger partial charge in [0.1, 0.15) is 6.67 Å². The van der Waals surface area contributed by atoms with Crippen LogP contribution in [0.25, 0.3) is 0 Å². The van der Waals surface area contributed by atoms with Gasteiger partial charge in [0.25, 0.3) is 0 Å². The number of rotatable bonds is 9. The normalized spacial score (nSPS) is 17.7. The molecular weight excluding hydrogens is 311 g/mol. The zero-order valence-corrected chi connectivity index (χ0v) is 15.8. The van der Waals surface area contributed by atoms with E-state index in [2.05, 4.69) is 72.2 Å². The molecule has 1 fully saturated rings. The Bertz CT molecular complexity index is 530. The minimum atomic E-state index is -0.223. The van der Waals surface area contributed by atoms with Gasteiger partial charge in [0.05, 0.1) is 0 Å². The van der Waals surface area contributed by atoms with Gasteiger partial charge in [0.2, 0.25) is 0 Å². The van der Waals surface area contributed by atoms with Gasteiger partial charge in [-0.1, -0.05) is 48.6 Å². The summed E-state index contributed by atoms with van der Waals surface area (Å²) in [4.78, 5) is 4.83. The second kappa shape index (κ2) is 11.2.